The van der Waals surface area contributed by atoms with E-state index in [4.69, 9.17) is 26.3 Å². The summed E-state index contributed by atoms with van der Waals surface area (Å²) in [5.74, 6) is 1.61. The Bertz CT molecular complexity index is 678. The van der Waals surface area contributed by atoms with Crippen molar-refractivity contribution in [1.82, 2.24) is 0 Å². The van der Waals surface area contributed by atoms with Crippen LogP contribution in [0.15, 0.2) is 42.5 Å². The molecule has 1 unspecified atom stereocenters. The molecule has 2 aromatic rings. The fraction of sp³-hybridized carbons (Fsp3) is 0.188. The second kappa shape index (κ2) is 5.44. The summed E-state index contributed by atoms with van der Waals surface area (Å²) in [5, 5.41) is 9.62. The van der Waals surface area contributed by atoms with Crippen LogP contribution in [0.3, 0.4) is 0 Å². The molecule has 1 aliphatic heterocycles. The zero-order valence-electron chi connectivity index (χ0n) is 10.7. The van der Waals surface area contributed by atoms with Gasteiger partial charge in [0.15, 0.2) is 0 Å². The van der Waals surface area contributed by atoms with Gasteiger partial charge in [0.05, 0.1) is 24.7 Å². The van der Waals surface area contributed by atoms with E-state index in [2.05, 4.69) is 6.07 Å². The quantitative estimate of drug-likeness (QED) is 0.862. The van der Waals surface area contributed by atoms with E-state index in [0.717, 1.165) is 11.3 Å². The molecule has 4 heteroatoms. The monoisotopic (exact) mass is 285 g/mol. The van der Waals surface area contributed by atoms with Crippen molar-refractivity contribution < 1.29 is 9.47 Å². The number of halogens is 1. The molecule has 1 atom stereocenters. The van der Waals surface area contributed by atoms with E-state index in [1.165, 1.54) is 0 Å². The minimum Gasteiger partial charge on any atom is -0.493 e. The number of nitrogens with zero attached hydrogens (tertiary/aromatic N) is 1. The maximum atomic E-state index is 9.06. The number of para-hydroxylation sites is 1. The van der Waals surface area contributed by atoms with Crippen LogP contribution in [0, 0.1) is 11.3 Å². The van der Waals surface area contributed by atoms with Crippen molar-refractivity contribution in [1.29, 1.82) is 5.26 Å². The molecule has 100 valence electrons. The molecule has 0 aromatic heterocycles. The highest BCUT2D eigenvalue weighted by Crippen LogP contribution is 2.34. The number of nitriles is 1. The Kier molecular flexibility index (Phi) is 3.49. The van der Waals surface area contributed by atoms with Gasteiger partial charge in [-0.1, -0.05) is 29.8 Å². The van der Waals surface area contributed by atoms with Crippen molar-refractivity contribution >= 4 is 11.6 Å². The van der Waals surface area contributed by atoms with Gasteiger partial charge in [0.25, 0.3) is 0 Å². The molecule has 0 saturated heterocycles. The van der Waals surface area contributed by atoms with Crippen LogP contribution in [0.25, 0.3) is 0 Å². The second-order valence-corrected chi connectivity index (χ2v) is 5.05. The van der Waals surface area contributed by atoms with Crippen LogP contribution in [0.2, 0.25) is 5.02 Å². The third-order valence-corrected chi connectivity index (χ3v) is 3.54. The Morgan fingerprint density at radius 3 is 3.00 bits per heavy atom. The number of rotatable bonds is 3. The van der Waals surface area contributed by atoms with Crippen molar-refractivity contribution in [2.75, 3.05) is 13.2 Å². The van der Waals surface area contributed by atoms with Crippen LogP contribution in [0.5, 0.6) is 11.5 Å². The Labute approximate surface area is 122 Å². The lowest BCUT2D eigenvalue weighted by atomic mass is 10.0. The molecule has 0 amide bonds. The molecule has 1 aliphatic rings. The summed E-state index contributed by atoms with van der Waals surface area (Å²) in [5.41, 5.74) is 1.63. The summed E-state index contributed by atoms with van der Waals surface area (Å²) < 4.78 is 11.4. The van der Waals surface area contributed by atoms with E-state index in [1.807, 2.05) is 24.3 Å². The van der Waals surface area contributed by atoms with Gasteiger partial charge < -0.3 is 9.47 Å². The van der Waals surface area contributed by atoms with Gasteiger partial charge in [-0.3, -0.25) is 0 Å². The van der Waals surface area contributed by atoms with Crippen LogP contribution in [0.4, 0.5) is 0 Å². The molecule has 0 bridgehead atoms. The summed E-state index contributed by atoms with van der Waals surface area (Å²) in [6, 6.07) is 15.0. The zero-order chi connectivity index (χ0) is 13.9. The van der Waals surface area contributed by atoms with Crippen LogP contribution in [0.1, 0.15) is 17.0 Å². The van der Waals surface area contributed by atoms with Crippen molar-refractivity contribution in [3.8, 4) is 17.6 Å². The molecular weight excluding hydrogens is 274 g/mol. The number of benzene rings is 2. The summed E-state index contributed by atoms with van der Waals surface area (Å²) in [4.78, 5) is 0. The lowest BCUT2D eigenvalue weighted by Gasteiger charge is -2.12. The second-order valence-electron chi connectivity index (χ2n) is 4.61. The standard InChI is InChI=1S/C16H12ClNO2/c17-13-6-5-11(8-18)16(7-13)20-10-12-9-19-15-4-2-1-3-14(12)15/h1-7,12H,9-10H2. The molecule has 2 aromatic carbocycles. The summed E-state index contributed by atoms with van der Waals surface area (Å²) in [6.45, 7) is 1.06. The average Bonchev–Trinajstić information content (AvgIpc) is 2.88. The molecule has 0 saturated carbocycles. The predicted molar refractivity (Wildman–Crippen MR) is 76.3 cm³/mol. The fourth-order valence-electron chi connectivity index (χ4n) is 2.27. The molecule has 0 N–H and O–H groups in total. The molecule has 0 radical (unpaired) electrons. The van der Waals surface area contributed by atoms with Gasteiger partial charge in [0.1, 0.15) is 17.6 Å². The Morgan fingerprint density at radius 2 is 2.15 bits per heavy atom. The first-order chi connectivity index (χ1) is 9.78. The van der Waals surface area contributed by atoms with Crippen LogP contribution in [-0.2, 0) is 0 Å². The lowest BCUT2D eigenvalue weighted by molar-refractivity contribution is 0.248. The third-order valence-electron chi connectivity index (χ3n) is 3.30. The van der Waals surface area contributed by atoms with Gasteiger partial charge >= 0.3 is 0 Å². The first-order valence-electron chi connectivity index (χ1n) is 6.32. The maximum absolute atomic E-state index is 9.06. The normalized spacial score (nSPS) is 16.1. The maximum Gasteiger partial charge on any atom is 0.138 e. The van der Waals surface area contributed by atoms with Gasteiger partial charge in [-0.05, 0) is 18.2 Å². The molecule has 3 nitrogen and oxygen atoms in total. The highest BCUT2D eigenvalue weighted by atomic mass is 35.5. The third kappa shape index (κ3) is 2.43. The van der Waals surface area contributed by atoms with Crippen molar-refractivity contribution in [3.63, 3.8) is 0 Å². The van der Waals surface area contributed by atoms with Crippen LogP contribution >= 0.6 is 11.6 Å². The van der Waals surface area contributed by atoms with Crippen molar-refractivity contribution in [3.05, 3.63) is 58.6 Å². The number of fused-ring (bicyclic) bond motifs is 1. The van der Waals surface area contributed by atoms with Crippen molar-refractivity contribution in [2.24, 2.45) is 0 Å². The molecule has 0 spiro atoms. The fourth-order valence-corrected chi connectivity index (χ4v) is 2.43. The first kappa shape index (κ1) is 12.8. The largest absolute Gasteiger partial charge is 0.493 e. The molecule has 20 heavy (non-hydrogen) atoms. The molecule has 3 rings (SSSR count). The highest BCUT2D eigenvalue weighted by molar-refractivity contribution is 6.30. The van der Waals surface area contributed by atoms with Crippen LogP contribution < -0.4 is 9.47 Å². The van der Waals surface area contributed by atoms with Gasteiger partial charge in [-0.15, -0.1) is 0 Å². The molecule has 1 heterocycles. The highest BCUT2D eigenvalue weighted by Gasteiger charge is 2.24. The Hall–Kier alpha value is -2.18. The van der Waals surface area contributed by atoms with E-state index >= 15 is 0 Å². The topological polar surface area (TPSA) is 42.2 Å². The lowest BCUT2D eigenvalue weighted by Crippen LogP contribution is -2.12. The summed E-state index contributed by atoms with van der Waals surface area (Å²) in [6.07, 6.45) is 0. The van der Waals surface area contributed by atoms with E-state index < -0.39 is 0 Å². The molecule has 0 aliphatic carbocycles. The zero-order valence-corrected chi connectivity index (χ0v) is 11.4. The Balaban J connectivity index is 1.76. The van der Waals surface area contributed by atoms with E-state index in [9.17, 15) is 0 Å². The number of hydrogen-bond acceptors (Lipinski definition) is 3. The Morgan fingerprint density at radius 1 is 1.30 bits per heavy atom. The van der Waals surface area contributed by atoms with Crippen LogP contribution in [-0.4, -0.2) is 13.2 Å². The summed E-state index contributed by atoms with van der Waals surface area (Å²) >= 11 is 5.94. The average molecular weight is 286 g/mol. The SMILES string of the molecule is N#Cc1ccc(Cl)cc1OCC1COc2ccccc21. The number of ether oxygens (including phenoxy) is 2. The first-order valence-corrected chi connectivity index (χ1v) is 6.70. The van der Waals surface area contributed by atoms with Crippen molar-refractivity contribution in [2.45, 2.75) is 5.92 Å². The molecule has 0 fully saturated rings. The van der Waals surface area contributed by atoms with E-state index in [-0.39, 0.29) is 5.92 Å². The minimum atomic E-state index is 0.178. The predicted octanol–water partition coefficient (Wildman–Crippen LogP) is 3.77. The molecular formula is C16H12ClNO2. The van der Waals surface area contributed by atoms with Gasteiger partial charge in [-0.2, -0.15) is 5.26 Å². The number of hydrogen-bond donors (Lipinski definition) is 0. The van der Waals surface area contributed by atoms with E-state index in [1.54, 1.807) is 18.2 Å². The van der Waals surface area contributed by atoms with Gasteiger partial charge in [0, 0.05) is 16.7 Å². The smallest absolute Gasteiger partial charge is 0.138 e. The minimum absolute atomic E-state index is 0.178. The van der Waals surface area contributed by atoms with Gasteiger partial charge in [-0.25, -0.2) is 0 Å². The summed E-state index contributed by atoms with van der Waals surface area (Å²) in [7, 11) is 0. The van der Waals surface area contributed by atoms with Gasteiger partial charge in [0.2, 0.25) is 0 Å². The van der Waals surface area contributed by atoms with E-state index in [0.29, 0.717) is 29.5 Å².